The Bertz CT molecular complexity index is 551. The molecule has 1 unspecified atom stereocenters. The van der Waals surface area contributed by atoms with Crippen LogP contribution in [0.5, 0.6) is 11.5 Å². The molecular formula is C16H17NO2. The maximum absolute atomic E-state index is 9.21. The number of aromatic hydroxyl groups is 1. The van der Waals surface area contributed by atoms with Gasteiger partial charge in [0, 0.05) is 5.69 Å². The number of benzene rings is 2. The summed E-state index contributed by atoms with van der Waals surface area (Å²) in [5, 5.41) is 12.7. The molecule has 0 radical (unpaired) electrons. The fraction of sp³-hybridized carbons (Fsp3) is 0.250. The molecule has 2 N–H and O–H groups in total. The Hall–Kier alpha value is -2.16. The molecule has 2 aromatic carbocycles. The van der Waals surface area contributed by atoms with Gasteiger partial charge in [-0.2, -0.15) is 0 Å². The Morgan fingerprint density at radius 2 is 1.89 bits per heavy atom. The first kappa shape index (κ1) is 11.9. The summed E-state index contributed by atoms with van der Waals surface area (Å²) >= 11 is 0. The van der Waals surface area contributed by atoms with Gasteiger partial charge in [-0.3, -0.25) is 0 Å². The van der Waals surface area contributed by atoms with Crippen LogP contribution in [-0.2, 0) is 6.42 Å². The van der Waals surface area contributed by atoms with E-state index in [1.807, 2.05) is 0 Å². The number of phenolic OH excluding ortho intramolecular Hbond substituents is 1. The van der Waals surface area contributed by atoms with Crippen LogP contribution >= 0.6 is 0 Å². The molecule has 1 atom stereocenters. The molecule has 0 saturated heterocycles. The Morgan fingerprint density at radius 1 is 1.11 bits per heavy atom. The normalized spacial score (nSPS) is 17.4. The number of aryl methyl sites for hydroxylation is 1. The summed E-state index contributed by atoms with van der Waals surface area (Å²) in [4.78, 5) is 0. The smallest absolute Gasteiger partial charge is 0.119 e. The predicted molar refractivity (Wildman–Crippen MR) is 75.8 cm³/mol. The minimum Gasteiger partial charge on any atom is -0.508 e. The van der Waals surface area contributed by atoms with Crippen LogP contribution in [0, 0.1) is 0 Å². The summed E-state index contributed by atoms with van der Waals surface area (Å²) < 4.78 is 5.74. The quantitative estimate of drug-likeness (QED) is 0.885. The predicted octanol–water partition coefficient (Wildman–Crippen LogP) is 3.20. The summed E-state index contributed by atoms with van der Waals surface area (Å²) in [6.07, 6.45) is 2.17. The lowest BCUT2D eigenvalue weighted by Crippen LogP contribution is -2.31. The van der Waals surface area contributed by atoms with Crippen LogP contribution in [-0.4, -0.2) is 17.8 Å². The Labute approximate surface area is 112 Å². The van der Waals surface area contributed by atoms with E-state index in [1.165, 1.54) is 11.3 Å². The first-order chi connectivity index (χ1) is 9.31. The van der Waals surface area contributed by atoms with Crippen molar-refractivity contribution < 1.29 is 9.84 Å². The fourth-order valence-electron chi connectivity index (χ4n) is 2.37. The molecule has 0 saturated carbocycles. The van der Waals surface area contributed by atoms with Crippen LogP contribution in [0.25, 0.3) is 0 Å². The molecule has 0 spiro atoms. The van der Waals surface area contributed by atoms with E-state index in [4.69, 9.17) is 4.74 Å². The molecule has 2 aromatic rings. The number of hydrogen-bond donors (Lipinski definition) is 2. The third kappa shape index (κ3) is 2.81. The zero-order valence-electron chi connectivity index (χ0n) is 10.7. The van der Waals surface area contributed by atoms with Crippen molar-refractivity contribution in [3.8, 4) is 11.5 Å². The monoisotopic (exact) mass is 255 g/mol. The summed E-state index contributed by atoms with van der Waals surface area (Å²) in [6, 6.07) is 15.6. The SMILES string of the molecule is Oc1ccc(OCC2CCc3ccccc3N2)cc1. The second-order valence-electron chi connectivity index (χ2n) is 4.84. The topological polar surface area (TPSA) is 41.5 Å². The maximum atomic E-state index is 9.21. The summed E-state index contributed by atoms with van der Waals surface area (Å²) in [5.74, 6) is 1.05. The summed E-state index contributed by atoms with van der Waals surface area (Å²) in [5.41, 5.74) is 2.59. The largest absolute Gasteiger partial charge is 0.508 e. The van der Waals surface area contributed by atoms with Crippen LogP contribution in [0.15, 0.2) is 48.5 Å². The van der Waals surface area contributed by atoms with Gasteiger partial charge in [-0.25, -0.2) is 0 Å². The van der Waals surface area contributed by atoms with Crippen LogP contribution in [0.1, 0.15) is 12.0 Å². The molecule has 1 aliphatic heterocycles. The highest BCUT2D eigenvalue weighted by Gasteiger charge is 2.17. The van der Waals surface area contributed by atoms with Gasteiger partial charge >= 0.3 is 0 Å². The highest BCUT2D eigenvalue weighted by molar-refractivity contribution is 5.53. The van der Waals surface area contributed by atoms with Gasteiger partial charge < -0.3 is 15.2 Å². The van der Waals surface area contributed by atoms with Crippen LogP contribution < -0.4 is 10.1 Å². The van der Waals surface area contributed by atoms with Crippen LogP contribution in [0.2, 0.25) is 0 Å². The Balaban J connectivity index is 1.59. The number of hydrogen-bond acceptors (Lipinski definition) is 3. The number of anilines is 1. The van der Waals surface area contributed by atoms with E-state index < -0.39 is 0 Å². The second kappa shape index (κ2) is 5.22. The first-order valence-corrected chi connectivity index (χ1v) is 6.57. The second-order valence-corrected chi connectivity index (χ2v) is 4.84. The van der Waals surface area contributed by atoms with Crippen molar-refractivity contribution >= 4 is 5.69 Å². The van der Waals surface area contributed by atoms with Crippen molar-refractivity contribution in [2.24, 2.45) is 0 Å². The standard InChI is InChI=1S/C16H17NO2/c18-14-7-9-15(10-8-14)19-11-13-6-5-12-3-1-2-4-16(12)17-13/h1-4,7-10,13,17-18H,5-6,11H2. The van der Waals surface area contributed by atoms with Gasteiger partial charge in [0.25, 0.3) is 0 Å². The van der Waals surface area contributed by atoms with Crippen molar-refractivity contribution in [1.82, 2.24) is 0 Å². The van der Waals surface area contributed by atoms with E-state index in [2.05, 4.69) is 29.6 Å². The van der Waals surface area contributed by atoms with Gasteiger partial charge in [0.05, 0.1) is 6.04 Å². The molecule has 3 nitrogen and oxygen atoms in total. The van der Waals surface area contributed by atoms with E-state index in [-0.39, 0.29) is 5.75 Å². The number of nitrogens with one attached hydrogen (secondary N) is 1. The molecule has 0 fully saturated rings. The van der Waals surface area contributed by atoms with Gasteiger partial charge in [0.1, 0.15) is 18.1 Å². The van der Waals surface area contributed by atoms with Gasteiger partial charge in [0.15, 0.2) is 0 Å². The minimum atomic E-state index is 0.261. The van der Waals surface area contributed by atoms with Gasteiger partial charge in [-0.15, -0.1) is 0 Å². The van der Waals surface area contributed by atoms with E-state index in [1.54, 1.807) is 24.3 Å². The zero-order chi connectivity index (χ0) is 13.1. The molecule has 98 valence electrons. The van der Waals surface area contributed by atoms with Crippen LogP contribution in [0.4, 0.5) is 5.69 Å². The van der Waals surface area contributed by atoms with E-state index in [0.717, 1.165) is 18.6 Å². The van der Waals surface area contributed by atoms with E-state index in [0.29, 0.717) is 12.6 Å². The highest BCUT2D eigenvalue weighted by Crippen LogP contribution is 2.25. The van der Waals surface area contributed by atoms with Crippen LogP contribution in [0.3, 0.4) is 0 Å². The van der Waals surface area contributed by atoms with Gasteiger partial charge in [-0.1, -0.05) is 18.2 Å². The van der Waals surface area contributed by atoms with Gasteiger partial charge in [-0.05, 0) is 48.7 Å². The lowest BCUT2D eigenvalue weighted by atomic mass is 9.99. The molecule has 0 bridgehead atoms. The molecule has 0 aromatic heterocycles. The minimum absolute atomic E-state index is 0.261. The Kier molecular flexibility index (Phi) is 3.27. The molecule has 1 heterocycles. The molecule has 19 heavy (non-hydrogen) atoms. The number of fused-ring (bicyclic) bond motifs is 1. The summed E-state index contributed by atoms with van der Waals surface area (Å²) in [6.45, 7) is 0.638. The Morgan fingerprint density at radius 3 is 2.74 bits per heavy atom. The summed E-state index contributed by atoms with van der Waals surface area (Å²) in [7, 11) is 0. The van der Waals surface area contributed by atoms with Crippen molar-refractivity contribution in [2.45, 2.75) is 18.9 Å². The first-order valence-electron chi connectivity index (χ1n) is 6.57. The van der Waals surface area contributed by atoms with Crippen molar-refractivity contribution in [2.75, 3.05) is 11.9 Å². The lowest BCUT2D eigenvalue weighted by Gasteiger charge is -2.27. The molecule has 3 heteroatoms. The molecular weight excluding hydrogens is 238 g/mol. The number of phenols is 1. The lowest BCUT2D eigenvalue weighted by molar-refractivity contribution is 0.288. The van der Waals surface area contributed by atoms with Gasteiger partial charge in [0.2, 0.25) is 0 Å². The number of para-hydroxylation sites is 1. The average Bonchev–Trinajstić information content (AvgIpc) is 2.46. The van der Waals surface area contributed by atoms with E-state index in [9.17, 15) is 5.11 Å². The number of ether oxygens (including phenoxy) is 1. The van der Waals surface area contributed by atoms with Crippen molar-refractivity contribution in [1.29, 1.82) is 0 Å². The molecule has 0 aliphatic carbocycles. The average molecular weight is 255 g/mol. The molecule has 3 rings (SSSR count). The fourth-order valence-corrected chi connectivity index (χ4v) is 2.37. The highest BCUT2D eigenvalue weighted by atomic mass is 16.5. The van der Waals surface area contributed by atoms with Crippen molar-refractivity contribution in [3.05, 3.63) is 54.1 Å². The third-order valence-electron chi connectivity index (χ3n) is 3.43. The number of rotatable bonds is 3. The zero-order valence-corrected chi connectivity index (χ0v) is 10.7. The third-order valence-corrected chi connectivity index (χ3v) is 3.43. The molecule has 0 amide bonds. The maximum Gasteiger partial charge on any atom is 0.119 e. The van der Waals surface area contributed by atoms with Crippen molar-refractivity contribution in [3.63, 3.8) is 0 Å². The molecule has 1 aliphatic rings. The van der Waals surface area contributed by atoms with E-state index >= 15 is 0 Å².